The monoisotopic (exact) mass is 280 g/mol. The topological polar surface area (TPSA) is 34.9 Å². The third kappa shape index (κ3) is 2.68. The molecule has 19 heavy (non-hydrogen) atoms. The predicted octanol–water partition coefficient (Wildman–Crippen LogP) is 3.91. The van der Waals surface area contributed by atoms with Gasteiger partial charge in [0.1, 0.15) is 11.5 Å². The Hall–Kier alpha value is -1.68. The fraction of sp³-hybridized carbons (Fsp3) is 0.286. The van der Waals surface area contributed by atoms with Crippen LogP contribution in [0.2, 0.25) is 5.02 Å². The van der Waals surface area contributed by atoms with Gasteiger partial charge in [-0.2, -0.15) is 5.10 Å². The molecule has 3 nitrogen and oxygen atoms in total. The van der Waals surface area contributed by atoms with Crippen LogP contribution in [-0.4, -0.2) is 16.1 Å². The lowest BCUT2D eigenvalue weighted by Crippen LogP contribution is -2.22. The highest BCUT2D eigenvalue weighted by atomic mass is 35.5. The molecule has 100 valence electrons. The molecule has 0 unspecified atom stereocenters. The van der Waals surface area contributed by atoms with Crippen LogP contribution in [0.4, 0.5) is 4.39 Å². The highest BCUT2D eigenvalue weighted by Gasteiger charge is 2.19. The SMILES string of the molecule is CC(C)(C)n1cc(C=O)c(-c2ccc(Cl)c(F)c2)n1. The van der Waals surface area contributed by atoms with Crippen LogP contribution >= 0.6 is 11.6 Å². The molecule has 2 aromatic rings. The lowest BCUT2D eigenvalue weighted by Gasteiger charge is -2.18. The third-order valence-corrected chi connectivity index (χ3v) is 3.06. The molecule has 0 bridgehead atoms. The van der Waals surface area contributed by atoms with Gasteiger partial charge in [-0.3, -0.25) is 9.48 Å². The Kier molecular flexibility index (Phi) is 3.45. The number of halogens is 2. The number of aromatic nitrogens is 2. The largest absolute Gasteiger partial charge is 0.298 e. The van der Waals surface area contributed by atoms with E-state index in [0.717, 1.165) is 6.29 Å². The van der Waals surface area contributed by atoms with Gasteiger partial charge in [0.05, 0.1) is 16.1 Å². The molecule has 0 spiro atoms. The summed E-state index contributed by atoms with van der Waals surface area (Å²) in [7, 11) is 0. The molecule has 0 amide bonds. The number of hydrogen-bond donors (Lipinski definition) is 0. The Labute approximate surface area is 116 Å². The minimum absolute atomic E-state index is 0.0478. The normalized spacial score (nSPS) is 11.6. The van der Waals surface area contributed by atoms with Crippen molar-refractivity contribution >= 4 is 17.9 Å². The van der Waals surface area contributed by atoms with Crippen molar-refractivity contribution in [3.05, 3.63) is 40.8 Å². The Morgan fingerprint density at radius 3 is 2.58 bits per heavy atom. The van der Waals surface area contributed by atoms with Crippen molar-refractivity contribution in [3.63, 3.8) is 0 Å². The lowest BCUT2D eigenvalue weighted by atomic mass is 10.1. The number of rotatable bonds is 2. The van der Waals surface area contributed by atoms with Crippen LogP contribution in [0.15, 0.2) is 24.4 Å². The van der Waals surface area contributed by atoms with Gasteiger partial charge < -0.3 is 0 Å². The molecular weight excluding hydrogens is 267 g/mol. The maximum atomic E-state index is 13.5. The van der Waals surface area contributed by atoms with Gasteiger partial charge in [-0.25, -0.2) is 4.39 Å². The van der Waals surface area contributed by atoms with Gasteiger partial charge >= 0.3 is 0 Å². The van der Waals surface area contributed by atoms with E-state index in [1.807, 2.05) is 20.8 Å². The van der Waals surface area contributed by atoms with Gasteiger partial charge in [-0.1, -0.05) is 17.7 Å². The van der Waals surface area contributed by atoms with Gasteiger partial charge in [0, 0.05) is 11.8 Å². The van der Waals surface area contributed by atoms with Crippen LogP contribution in [0, 0.1) is 5.82 Å². The molecule has 0 aliphatic rings. The maximum absolute atomic E-state index is 13.5. The summed E-state index contributed by atoms with van der Waals surface area (Å²) >= 11 is 5.65. The third-order valence-electron chi connectivity index (χ3n) is 2.75. The van der Waals surface area contributed by atoms with E-state index in [0.29, 0.717) is 16.8 Å². The number of carbonyl (C=O) groups is 1. The molecule has 0 aliphatic carbocycles. The summed E-state index contributed by atoms with van der Waals surface area (Å²) in [5.74, 6) is -0.527. The molecule has 0 fully saturated rings. The van der Waals surface area contributed by atoms with Gasteiger partial charge in [-0.15, -0.1) is 0 Å². The maximum Gasteiger partial charge on any atom is 0.153 e. The summed E-state index contributed by atoms with van der Waals surface area (Å²) in [4.78, 5) is 11.1. The molecule has 0 atom stereocenters. The first-order valence-electron chi connectivity index (χ1n) is 5.83. The van der Waals surface area contributed by atoms with Gasteiger partial charge in [0.25, 0.3) is 0 Å². The summed E-state index contributed by atoms with van der Waals surface area (Å²) in [6.07, 6.45) is 2.38. The van der Waals surface area contributed by atoms with Crippen molar-refractivity contribution in [1.82, 2.24) is 9.78 Å². The number of hydrogen-bond acceptors (Lipinski definition) is 2. The fourth-order valence-electron chi connectivity index (χ4n) is 1.68. The van der Waals surface area contributed by atoms with E-state index in [-0.39, 0.29) is 10.6 Å². The van der Waals surface area contributed by atoms with E-state index in [9.17, 15) is 9.18 Å². The fourth-order valence-corrected chi connectivity index (χ4v) is 1.80. The number of aldehydes is 1. The van der Waals surface area contributed by atoms with Gasteiger partial charge in [-0.05, 0) is 32.9 Å². The molecule has 1 heterocycles. The molecular formula is C14H14ClFN2O. The van der Waals surface area contributed by atoms with Crippen LogP contribution in [0.5, 0.6) is 0 Å². The van der Waals surface area contributed by atoms with E-state index in [4.69, 9.17) is 11.6 Å². The minimum atomic E-state index is -0.527. The molecule has 1 aromatic heterocycles. The predicted molar refractivity (Wildman–Crippen MR) is 73.0 cm³/mol. The quantitative estimate of drug-likeness (QED) is 0.782. The van der Waals surface area contributed by atoms with Gasteiger partial charge in [0.2, 0.25) is 0 Å². The minimum Gasteiger partial charge on any atom is -0.298 e. The molecule has 0 saturated carbocycles. The van der Waals surface area contributed by atoms with Crippen LogP contribution < -0.4 is 0 Å². The van der Waals surface area contributed by atoms with E-state index < -0.39 is 5.82 Å². The van der Waals surface area contributed by atoms with E-state index in [2.05, 4.69) is 5.10 Å². The summed E-state index contributed by atoms with van der Waals surface area (Å²) in [6.45, 7) is 5.92. The van der Waals surface area contributed by atoms with Crippen LogP contribution in [-0.2, 0) is 5.54 Å². The second kappa shape index (κ2) is 4.78. The molecule has 0 radical (unpaired) electrons. The van der Waals surface area contributed by atoms with Crippen LogP contribution in [0.25, 0.3) is 11.3 Å². The Balaban J connectivity index is 2.58. The Morgan fingerprint density at radius 1 is 1.37 bits per heavy atom. The highest BCUT2D eigenvalue weighted by Crippen LogP contribution is 2.27. The Morgan fingerprint density at radius 2 is 2.05 bits per heavy atom. The molecule has 0 aliphatic heterocycles. The summed E-state index contributed by atoms with van der Waals surface area (Å²) < 4.78 is 15.2. The molecule has 1 aromatic carbocycles. The van der Waals surface area contributed by atoms with Crippen molar-refractivity contribution < 1.29 is 9.18 Å². The van der Waals surface area contributed by atoms with Crippen molar-refractivity contribution in [1.29, 1.82) is 0 Å². The highest BCUT2D eigenvalue weighted by molar-refractivity contribution is 6.30. The zero-order valence-electron chi connectivity index (χ0n) is 10.9. The summed E-state index contributed by atoms with van der Waals surface area (Å²) in [6, 6.07) is 4.38. The second-order valence-corrected chi connectivity index (χ2v) is 5.70. The average Bonchev–Trinajstić information content (AvgIpc) is 2.76. The molecule has 2 rings (SSSR count). The average molecular weight is 281 g/mol. The number of nitrogens with zero attached hydrogens (tertiary/aromatic N) is 2. The smallest absolute Gasteiger partial charge is 0.153 e. The second-order valence-electron chi connectivity index (χ2n) is 5.30. The summed E-state index contributed by atoms with van der Waals surface area (Å²) in [5.41, 5.74) is 1.17. The summed E-state index contributed by atoms with van der Waals surface area (Å²) in [5, 5.41) is 4.42. The van der Waals surface area contributed by atoms with Gasteiger partial charge in [0.15, 0.2) is 6.29 Å². The molecule has 0 N–H and O–H groups in total. The zero-order valence-corrected chi connectivity index (χ0v) is 11.7. The standard InChI is InChI=1S/C14H14ClFN2O/c1-14(2,3)18-7-10(8-19)13(17-18)9-4-5-11(15)12(16)6-9/h4-8H,1-3H3. The van der Waals surface area contributed by atoms with Crippen molar-refractivity contribution in [3.8, 4) is 11.3 Å². The van der Waals surface area contributed by atoms with E-state index >= 15 is 0 Å². The molecule has 0 saturated heterocycles. The Bertz CT molecular complexity index is 629. The van der Waals surface area contributed by atoms with E-state index in [1.54, 1.807) is 16.9 Å². The molecule has 5 heteroatoms. The number of carbonyl (C=O) groups excluding carboxylic acids is 1. The van der Waals surface area contributed by atoms with Crippen molar-refractivity contribution in [2.24, 2.45) is 0 Å². The first-order chi connectivity index (χ1) is 8.82. The van der Waals surface area contributed by atoms with Crippen LogP contribution in [0.1, 0.15) is 31.1 Å². The zero-order chi connectivity index (χ0) is 14.2. The number of benzene rings is 1. The lowest BCUT2D eigenvalue weighted by molar-refractivity contribution is 0.112. The van der Waals surface area contributed by atoms with Crippen molar-refractivity contribution in [2.75, 3.05) is 0 Å². The first kappa shape index (κ1) is 13.7. The first-order valence-corrected chi connectivity index (χ1v) is 6.21. The van der Waals surface area contributed by atoms with Crippen molar-refractivity contribution in [2.45, 2.75) is 26.3 Å². The van der Waals surface area contributed by atoms with E-state index in [1.165, 1.54) is 12.1 Å². The van der Waals surface area contributed by atoms with Crippen LogP contribution in [0.3, 0.4) is 0 Å².